The van der Waals surface area contributed by atoms with Crippen LogP contribution < -0.4 is 14.8 Å². The molecular formula is C14H18N2O6S. The maximum absolute atomic E-state index is 12.1. The number of carbonyl (C=O) groups excluding carboxylic acids is 2. The monoisotopic (exact) mass is 342 g/mol. The molecule has 1 fully saturated rings. The molecule has 0 saturated carbocycles. The average molecular weight is 342 g/mol. The molecular weight excluding hydrogens is 324 g/mol. The summed E-state index contributed by atoms with van der Waals surface area (Å²) in [4.78, 5) is 25.5. The van der Waals surface area contributed by atoms with Crippen molar-refractivity contribution in [2.75, 3.05) is 25.2 Å². The van der Waals surface area contributed by atoms with Gasteiger partial charge in [-0.25, -0.2) is 18.4 Å². The zero-order valence-corrected chi connectivity index (χ0v) is 13.6. The normalized spacial score (nSPS) is 18.1. The molecule has 2 N–H and O–H groups in total. The zero-order chi connectivity index (χ0) is 17.2. The molecule has 1 saturated heterocycles. The molecule has 0 spiro atoms. The van der Waals surface area contributed by atoms with E-state index in [2.05, 4.69) is 0 Å². The van der Waals surface area contributed by atoms with Gasteiger partial charge in [-0.15, -0.1) is 0 Å². The van der Waals surface area contributed by atoms with Gasteiger partial charge in [-0.1, -0.05) is 0 Å². The van der Waals surface area contributed by atoms with Gasteiger partial charge in [0.1, 0.15) is 11.0 Å². The number of nitrogens with two attached hydrogens (primary N) is 1. The Kier molecular flexibility index (Phi) is 4.90. The van der Waals surface area contributed by atoms with Crippen molar-refractivity contribution in [2.24, 2.45) is 5.14 Å². The molecule has 0 radical (unpaired) electrons. The van der Waals surface area contributed by atoms with Gasteiger partial charge in [0, 0.05) is 13.0 Å². The van der Waals surface area contributed by atoms with Gasteiger partial charge in [-0.2, -0.15) is 0 Å². The molecule has 1 amide bonds. The molecule has 1 heterocycles. The summed E-state index contributed by atoms with van der Waals surface area (Å²) in [6.07, 6.45) is -0.215. The summed E-state index contributed by atoms with van der Waals surface area (Å²) in [5.74, 6) is -0.612. The van der Waals surface area contributed by atoms with Crippen molar-refractivity contribution >= 4 is 27.6 Å². The van der Waals surface area contributed by atoms with Crippen LogP contribution in [0.3, 0.4) is 0 Å². The molecule has 8 nitrogen and oxygen atoms in total. The van der Waals surface area contributed by atoms with Crippen LogP contribution in [0.2, 0.25) is 0 Å². The van der Waals surface area contributed by atoms with Gasteiger partial charge in [0.2, 0.25) is 15.9 Å². The van der Waals surface area contributed by atoms with Crippen LogP contribution in [0.1, 0.15) is 23.7 Å². The van der Waals surface area contributed by atoms with Crippen LogP contribution in [-0.4, -0.2) is 45.8 Å². The largest absolute Gasteiger partial charge is 0.497 e. The Labute approximate surface area is 134 Å². The minimum Gasteiger partial charge on any atom is -0.497 e. The number of primary sulfonamides is 1. The summed E-state index contributed by atoms with van der Waals surface area (Å²) in [6.45, 7) is 1.73. The number of rotatable bonds is 5. The van der Waals surface area contributed by atoms with Crippen molar-refractivity contribution < 1.29 is 27.5 Å². The van der Waals surface area contributed by atoms with Crippen LogP contribution >= 0.6 is 0 Å². The molecule has 1 unspecified atom stereocenters. The molecule has 9 heteroatoms. The lowest BCUT2D eigenvalue weighted by Gasteiger charge is -2.20. The molecule has 1 aromatic rings. The lowest BCUT2D eigenvalue weighted by Crippen LogP contribution is -2.32. The van der Waals surface area contributed by atoms with Crippen LogP contribution in [0.15, 0.2) is 18.2 Å². The number of carbonyl (C=O) groups is 2. The summed E-state index contributed by atoms with van der Waals surface area (Å²) in [7, 11) is -2.39. The van der Waals surface area contributed by atoms with E-state index in [1.807, 2.05) is 0 Å². The molecule has 0 bridgehead atoms. The number of sulfonamides is 1. The fraction of sp³-hybridized carbons (Fsp3) is 0.429. The Bertz CT molecular complexity index is 731. The first kappa shape index (κ1) is 17.2. The van der Waals surface area contributed by atoms with Gasteiger partial charge in [0.05, 0.1) is 25.0 Å². The predicted octanol–water partition coefficient (Wildman–Crippen LogP) is 0.266. The fourth-order valence-electron chi connectivity index (χ4n) is 2.38. The predicted molar refractivity (Wildman–Crippen MR) is 82.8 cm³/mol. The van der Waals surface area contributed by atoms with Crippen molar-refractivity contribution in [3.05, 3.63) is 23.8 Å². The molecule has 0 aliphatic carbocycles. The minimum absolute atomic E-state index is 0.101. The maximum atomic E-state index is 12.1. The highest BCUT2D eigenvalue weighted by molar-refractivity contribution is 7.89. The fourth-order valence-corrected chi connectivity index (χ4v) is 3.11. The van der Waals surface area contributed by atoms with Crippen molar-refractivity contribution in [3.8, 4) is 5.75 Å². The first-order valence-electron chi connectivity index (χ1n) is 6.95. The third kappa shape index (κ3) is 3.62. The molecule has 23 heavy (non-hydrogen) atoms. The topological polar surface area (TPSA) is 116 Å². The second-order valence-electron chi connectivity index (χ2n) is 5.02. The zero-order valence-electron chi connectivity index (χ0n) is 12.8. The van der Waals surface area contributed by atoms with Gasteiger partial charge in [0.25, 0.3) is 0 Å². The number of nitrogens with zero attached hydrogens (tertiary/aromatic N) is 1. The van der Waals surface area contributed by atoms with Gasteiger partial charge in [0.15, 0.2) is 0 Å². The van der Waals surface area contributed by atoms with E-state index in [0.717, 1.165) is 0 Å². The van der Waals surface area contributed by atoms with Crippen molar-refractivity contribution in [3.63, 3.8) is 0 Å². The van der Waals surface area contributed by atoms with Crippen LogP contribution in [-0.2, 0) is 19.6 Å². The van der Waals surface area contributed by atoms with E-state index < -0.39 is 27.1 Å². The van der Waals surface area contributed by atoms with Crippen LogP contribution in [0, 0.1) is 0 Å². The van der Waals surface area contributed by atoms with E-state index in [0.29, 0.717) is 5.75 Å². The third-order valence-electron chi connectivity index (χ3n) is 3.54. The smallest absolute Gasteiger partial charge is 0.340 e. The number of amides is 1. The summed E-state index contributed by atoms with van der Waals surface area (Å²) in [5, 5.41) is 4.12. The van der Waals surface area contributed by atoms with E-state index in [9.17, 15) is 18.0 Å². The molecule has 0 aromatic heterocycles. The van der Waals surface area contributed by atoms with Gasteiger partial charge >= 0.3 is 5.97 Å². The second kappa shape index (κ2) is 6.55. The Balaban J connectivity index is 2.42. The maximum Gasteiger partial charge on any atom is 0.340 e. The van der Waals surface area contributed by atoms with Gasteiger partial charge < -0.3 is 14.4 Å². The van der Waals surface area contributed by atoms with E-state index in [-0.39, 0.29) is 30.8 Å². The van der Waals surface area contributed by atoms with Crippen molar-refractivity contribution in [1.82, 2.24) is 0 Å². The van der Waals surface area contributed by atoms with Crippen LogP contribution in [0.5, 0.6) is 5.75 Å². The standard InChI is InChI=1S/C14H18N2O6S/c1-3-22-14(18)11-6-9(21-2)4-5-12(11)16-8-10(7-13(16)17)23(15,19)20/h4-6,10H,3,7-8H2,1-2H3,(H2,15,19,20). The first-order chi connectivity index (χ1) is 10.8. The van der Waals surface area contributed by atoms with Crippen LogP contribution in [0.25, 0.3) is 0 Å². The van der Waals surface area contributed by atoms with E-state index >= 15 is 0 Å². The number of ether oxygens (including phenoxy) is 2. The SMILES string of the molecule is CCOC(=O)c1cc(OC)ccc1N1CC(S(N)(=O)=O)CC1=O. The van der Waals surface area contributed by atoms with Crippen LogP contribution in [0.4, 0.5) is 5.69 Å². The molecule has 1 aromatic carbocycles. The third-order valence-corrected chi connectivity index (χ3v) is 4.79. The van der Waals surface area contributed by atoms with Gasteiger partial charge in [-0.05, 0) is 25.1 Å². The number of anilines is 1. The second-order valence-corrected chi connectivity index (χ2v) is 6.87. The summed E-state index contributed by atoms with van der Waals surface area (Å²) in [5.41, 5.74) is 0.412. The summed E-state index contributed by atoms with van der Waals surface area (Å²) in [6, 6.07) is 4.55. The van der Waals surface area contributed by atoms with Crippen molar-refractivity contribution in [2.45, 2.75) is 18.6 Å². The summed E-state index contributed by atoms with van der Waals surface area (Å²) >= 11 is 0. The number of hydrogen-bond donors (Lipinski definition) is 1. The Morgan fingerprint density at radius 2 is 2.13 bits per heavy atom. The number of methoxy groups -OCH3 is 1. The van der Waals surface area contributed by atoms with E-state index in [1.54, 1.807) is 13.0 Å². The van der Waals surface area contributed by atoms with Gasteiger partial charge in [-0.3, -0.25) is 4.79 Å². The average Bonchev–Trinajstić information content (AvgIpc) is 2.89. The quantitative estimate of drug-likeness (QED) is 0.768. The molecule has 1 aliphatic heterocycles. The molecule has 126 valence electrons. The lowest BCUT2D eigenvalue weighted by molar-refractivity contribution is -0.117. The molecule has 2 rings (SSSR count). The Morgan fingerprint density at radius 3 is 2.65 bits per heavy atom. The highest BCUT2D eigenvalue weighted by Crippen LogP contribution is 2.30. The minimum atomic E-state index is -3.84. The number of esters is 1. The highest BCUT2D eigenvalue weighted by Gasteiger charge is 2.38. The number of benzene rings is 1. The molecule has 1 aliphatic rings. The van der Waals surface area contributed by atoms with E-state index in [4.69, 9.17) is 14.6 Å². The summed E-state index contributed by atoms with van der Waals surface area (Å²) < 4.78 is 33.0. The lowest BCUT2D eigenvalue weighted by atomic mass is 10.1. The first-order valence-corrected chi connectivity index (χ1v) is 8.56. The van der Waals surface area contributed by atoms with Crippen molar-refractivity contribution in [1.29, 1.82) is 0 Å². The highest BCUT2D eigenvalue weighted by atomic mass is 32.2. The molecule has 1 atom stereocenters. The Morgan fingerprint density at radius 1 is 1.43 bits per heavy atom. The van der Waals surface area contributed by atoms with E-state index in [1.165, 1.54) is 24.1 Å². The Hall–Kier alpha value is -2.13. The number of hydrogen-bond acceptors (Lipinski definition) is 6.